The molecule has 0 aliphatic rings. The molecule has 0 unspecified atom stereocenters. The van der Waals surface area contributed by atoms with Gasteiger partial charge in [0.25, 0.3) is 0 Å². The van der Waals surface area contributed by atoms with Crippen LogP contribution in [0.2, 0.25) is 0 Å². The zero-order valence-electron chi connectivity index (χ0n) is 14.6. The van der Waals surface area contributed by atoms with Gasteiger partial charge in [-0.2, -0.15) is 10.4 Å². The van der Waals surface area contributed by atoms with Crippen LogP contribution in [-0.4, -0.2) is 30.3 Å². The number of benzene rings is 1. The molecule has 0 spiro atoms. The van der Waals surface area contributed by atoms with Gasteiger partial charge in [-0.15, -0.1) is 0 Å². The van der Waals surface area contributed by atoms with Crippen LogP contribution in [0.25, 0.3) is 16.7 Å². The molecule has 1 N–H and O–H groups in total. The highest BCUT2D eigenvalue weighted by Crippen LogP contribution is 2.25. The molecule has 0 saturated heterocycles. The van der Waals surface area contributed by atoms with E-state index in [1.165, 1.54) is 0 Å². The number of nitrogens with one attached hydrogen (secondary N) is 1. The van der Waals surface area contributed by atoms with E-state index in [1.54, 1.807) is 11.4 Å². The summed E-state index contributed by atoms with van der Waals surface area (Å²) in [4.78, 5) is 25.2. The number of hydrogen-bond donors (Lipinski definition) is 1. The van der Waals surface area contributed by atoms with Crippen molar-refractivity contribution < 1.29 is 4.79 Å². The summed E-state index contributed by atoms with van der Waals surface area (Å²) in [6.07, 6.45) is 0. The van der Waals surface area contributed by atoms with E-state index in [1.807, 2.05) is 44.2 Å². The summed E-state index contributed by atoms with van der Waals surface area (Å²) in [6.45, 7) is 5.53. The smallest absolute Gasteiger partial charge is 0.193 e. The summed E-state index contributed by atoms with van der Waals surface area (Å²) in [5.41, 5.74) is 4.57. The van der Waals surface area contributed by atoms with Gasteiger partial charge in [0.15, 0.2) is 17.3 Å². The number of para-hydroxylation sites is 2. The molecule has 0 radical (unpaired) electrons. The molecule has 0 aliphatic carbocycles. The molecule has 7 heteroatoms. The lowest BCUT2D eigenvalue weighted by atomic mass is 9.98. The van der Waals surface area contributed by atoms with Crippen LogP contribution in [-0.2, 0) is 0 Å². The van der Waals surface area contributed by atoms with Crippen LogP contribution >= 0.6 is 0 Å². The summed E-state index contributed by atoms with van der Waals surface area (Å²) in [5.74, 6) is -1.06. The van der Waals surface area contributed by atoms with Crippen molar-refractivity contribution in [2.75, 3.05) is 0 Å². The number of aromatic nitrogens is 5. The summed E-state index contributed by atoms with van der Waals surface area (Å²) in [7, 11) is 0. The van der Waals surface area contributed by atoms with E-state index in [2.05, 4.69) is 26.1 Å². The molecule has 0 bridgehead atoms. The van der Waals surface area contributed by atoms with Crippen molar-refractivity contribution in [3.63, 3.8) is 0 Å². The summed E-state index contributed by atoms with van der Waals surface area (Å²) in [6, 6.07) is 11.4. The maximum Gasteiger partial charge on any atom is 0.193 e. The number of Topliss-reactive ketones (excluding diaryl/α,β-unsaturated/α-hetero) is 1. The third-order valence-corrected chi connectivity index (χ3v) is 4.39. The quantitative estimate of drug-likeness (QED) is 0.576. The van der Waals surface area contributed by atoms with Crippen molar-refractivity contribution in [3.8, 4) is 6.07 Å². The Kier molecular flexibility index (Phi) is 3.55. The molecule has 0 fully saturated rings. The van der Waals surface area contributed by atoms with Gasteiger partial charge in [-0.05, 0) is 39.0 Å². The number of H-pyrrole nitrogens is 1. The summed E-state index contributed by atoms with van der Waals surface area (Å²) < 4.78 is 1.64. The Morgan fingerprint density at radius 1 is 1.23 bits per heavy atom. The number of aromatic amines is 1. The molecule has 0 amide bonds. The largest absolute Gasteiger partial charge is 0.340 e. The summed E-state index contributed by atoms with van der Waals surface area (Å²) in [5, 5.41) is 14.1. The highest BCUT2D eigenvalue weighted by molar-refractivity contribution is 6.07. The minimum atomic E-state index is -1.04. The van der Waals surface area contributed by atoms with E-state index in [9.17, 15) is 10.1 Å². The van der Waals surface area contributed by atoms with Crippen molar-refractivity contribution in [3.05, 3.63) is 58.8 Å². The van der Waals surface area contributed by atoms with E-state index < -0.39 is 5.92 Å². The van der Waals surface area contributed by atoms with Crippen LogP contribution in [0, 0.1) is 32.1 Å². The Morgan fingerprint density at radius 3 is 2.73 bits per heavy atom. The number of imidazole rings is 1. The number of carbonyl (C=O) groups is 1. The van der Waals surface area contributed by atoms with Gasteiger partial charge in [0.1, 0.15) is 5.82 Å². The van der Waals surface area contributed by atoms with Crippen molar-refractivity contribution in [2.45, 2.75) is 26.7 Å². The molecule has 128 valence electrons. The third-order valence-electron chi connectivity index (χ3n) is 4.39. The Hall–Kier alpha value is -3.53. The number of ketones is 1. The first-order valence-electron chi connectivity index (χ1n) is 8.21. The molecule has 0 saturated carbocycles. The molecule has 4 rings (SSSR count). The van der Waals surface area contributed by atoms with Gasteiger partial charge in [-0.3, -0.25) is 4.79 Å². The third kappa shape index (κ3) is 2.35. The zero-order chi connectivity index (χ0) is 18.4. The number of nitrogens with zero attached hydrogens (tertiary/aromatic N) is 5. The Bertz CT molecular complexity index is 1180. The van der Waals surface area contributed by atoms with E-state index in [4.69, 9.17) is 0 Å². The molecule has 3 heterocycles. The fraction of sp³-hybridized carbons (Fsp3) is 0.211. The number of rotatable bonds is 3. The number of carbonyl (C=O) groups excluding carboxylic acids is 1. The first kappa shape index (κ1) is 16.0. The monoisotopic (exact) mass is 344 g/mol. The lowest BCUT2D eigenvalue weighted by Crippen LogP contribution is -2.14. The fourth-order valence-electron chi connectivity index (χ4n) is 3.21. The number of hydrogen-bond acceptors (Lipinski definition) is 5. The minimum Gasteiger partial charge on any atom is -0.340 e. The SMILES string of the molecule is Cc1cc(C)n2nc(C)c(C(=O)[C@@H](C#N)c3nc4ccccc4[nH]3)c2n1. The van der Waals surface area contributed by atoms with Crippen molar-refractivity contribution in [1.82, 2.24) is 24.6 Å². The number of nitriles is 1. The first-order valence-corrected chi connectivity index (χ1v) is 8.21. The van der Waals surface area contributed by atoms with E-state index in [-0.39, 0.29) is 5.78 Å². The van der Waals surface area contributed by atoms with E-state index in [0.29, 0.717) is 22.7 Å². The first-order chi connectivity index (χ1) is 12.5. The van der Waals surface area contributed by atoms with Crippen molar-refractivity contribution in [2.24, 2.45) is 0 Å². The van der Waals surface area contributed by atoms with E-state index in [0.717, 1.165) is 22.4 Å². The topological polar surface area (TPSA) is 99.7 Å². The molecule has 1 atom stereocenters. The van der Waals surface area contributed by atoms with Crippen LogP contribution in [0.3, 0.4) is 0 Å². The normalized spacial score (nSPS) is 12.4. The number of aryl methyl sites for hydroxylation is 3. The van der Waals surface area contributed by atoms with E-state index >= 15 is 0 Å². The van der Waals surface area contributed by atoms with Crippen LogP contribution in [0.4, 0.5) is 0 Å². The molecule has 0 aliphatic heterocycles. The molecule has 1 aromatic carbocycles. The second kappa shape index (κ2) is 5.77. The Morgan fingerprint density at radius 2 is 2.00 bits per heavy atom. The average molecular weight is 344 g/mol. The maximum atomic E-state index is 13.2. The molecule has 7 nitrogen and oxygen atoms in total. The highest BCUT2D eigenvalue weighted by Gasteiger charge is 2.30. The van der Waals surface area contributed by atoms with Gasteiger partial charge in [0.2, 0.25) is 0 Å². The predicted octanol–water partition coefficient (Wildman–Crippen LogP) is 3.02. The standard InChI is InChI=1S/C19H16N6O/c1-10-8-11(2)25-19(21-10)16(12(3)24-25)17(26)13(9-20)18-22-14-6-4-5-7-15(14)23-18/h4-8,13H,1-3H3,(H,22,23)/t13-/m1/s1. The average Bonchev–Trinajstić information content (AvgIpc) is 3.16. The van der Waals surface area contributed by atoms with Crippen molar-refractivity contribution in [1.29, 1.82) is 5.26 Å². The summed E-state index contributed by atoms with van der Waals surface area (Å²) >= 11 is 0. The van der Waals surface area contributed by atoms with Crippen LogP contribution in [0.5, 0.6) is 0 Å². The minimum absolute atomic E-state index is 0.335. The Balaban J connectivity index is 1.87. The molecular weight excluding hydrogens is 328 g/mol. The van der Waals surface area contributed by atoms with Gasteiger partial charge < -0.3 is 4.98 Å². The molecule has 4 aromatic rings. The van der Waals surface area contributed by atoms with Crippen LogP contribution in [0.1, 0.15) is 39.2 Å². The lowest BCUT2D eigenvalue weighted by molar-refractivity contribution is 0.0977. The fourth-order valence-corrected chi connectivity index (χ4v) is 3.21. The van der Waals surface area contributed by atoms with Gasteiger partial charge in [-0.1, -0.05) is 12.1 Å². The second-order valence-electron chi connectivity index (χ2n) is 6.30. The van der Waals surface area contributed by atoms with Gasteiger partial charge in [-0.25, -0.2) is 14.5 Å². The second-order valence-corrected chi connectivity index (χ2v) is 6.30. The highest BCUT2D eigenvalue weighted by atomic mass is 16.1. The van der Waals surface area contributed by atoms with Gasteiger partial charge in [0.05, 0.1) is 28.4 Å². The predicted molar refractivity (Wildman–Crippen MR) is 96.0 cm³/mol. The van der Waals surface area contributed by atoms with Crippen LogP contribution in [0.15, 0.2) is 30.3 Å². The lowest BCUT2D eigenvalue weighted by Gasteiger charge is -2.06. The van der Waals surface area contributed by atoms with Gasteiger partial charge in [0, 0.05) is 11.4 Å². The van der Waals surface area contributed by atoms with Crippen LogP contribution < -0.4 is 0 Å². The molecular formula is C19H16N6O. The molecule has 26 heavy (non-hydrogen) atoms. The van der Waals surface area contributed by atoms with Crippen molar-refractivity contribution >= 4 is 22.5 Å². The Labute approximate surface area is 149 Å². The maximum absolute atomic E-state index is 13.2. The zero-order valence-corrected chi connectivity index (χ0v) is 14.6. The van der Waals surface area contributed by atoms with Gasteiger partial charge >= 0.3 is 0 Å². The molecule has 3 aromatic heterocycles. The number of fused-ring (bicyclic) bond motifs is 2.